The second kappa shape index (κ2) is 5.93. The van der Waals surface area contributed by atoms with Crippen LogP contribution in [0, 0.1) is 12.7 Å². The molecule has 2 aromatic carbocycles. The van der Waals surface area contributed by atoms with Gasteiger partial charge in [-0.25, -0.2) is 4.39 Å². The number of carbonyl (C=O) groups is 1. The molecule has 0 radical (unpaired) electrons. The molecule has 6 heteroatoms. The quantitative estimate of drug-likeness (QED) is 0.728. The van der Waals surface area contributed by atoms with E-state index in [1.807, 2.05) is 13.0 Å². The SMILES string of the molecule is Cc1cc(Br)cc(N)c1NC(=O)c1cccc(F)c1Br. The van der Waals surface area contributed by atoms with E-state index in [-0.39, 0.29) is 10.0 Å². The number of nitrogens with one attached hydrogen (secondary N) is 1. The van der Waals surface area contributed by atoms with Gasteiger partial charge in [0.05, 0.1) is 21.4 Å². The van der Waals surface area contributed by atoms with Crippen LogP contribution in [0.4, 0.5) is 15.8 Å². The standard InChI is InChI=1S/C14H11Br2FN2O/c1-7-5-8(15)6-11(18)13(7)19-14(20)9-3-2-4-10(17)12(9)16/h2-6H,18H2,1H3,(H,19,20). The smallest absolute Gasteiger partial charge is 0.256 e. The Kier molecular flexibility index (Phi) is 4.45. The lowest BCUT2D eigenvalue weighted by molar-refractivity contribution is 0.102. The fourth-order valence-corrected chi connectivity index (χ4v) is 2.83. The first-order chi connectivity index (χ1) is 9.40. The number of nitrogens with two attached hydrogens (primary N) is 1. The Morgan fingerprint density at radius 3 is 2.65 bits per heavy atom. The van der Waals surface area contributed by atoms with E-state index in [2.05, 4.69) is 37.2 Å². The van der Waals surface area contributed by atoms with Crippen LogP contribution >= 0.6 is 31.9 Å². The van der Waals surface area contributed by atoms with Crippen molar-refractivity contribution in [1.82, 2.24) is 0 Å². The molecule has 0 saturated carbocycles. The van der Waals surface area contributed by atoms with E-state index in [0.29, 0.717) is 11.4 Å². The Hall–Kier alpha value is -1.40. The van der Waals surface area contributed by atoms with Crippen LogP contribution < -0.4 is 11.1 Å². The number of anilines is 2. The minimum absolute atomic E-state index is 0.130. The number of hydrogen-bond acceptors (Lipinski definition) is 2. The van der Waals surface area contributed by atoms with Gasteiger partial charge in [-0.1, -0.05) is 22.0 Å². The molecule has 0 heterocycles. The topological polar surface area (TPSA) is 55.1 Å². The van der Waals surface area contributed by atoms with E-state index in [1.165, 1.54) is 18.2 Å². The van der Waals surface area contributed by atoms with Crippen molar-refractivity contribution in [3.8, 4) is 0 Å². The Balaban J connectivity index is 2.36. The number of benzene rings is 2. The van der Waals surface area contributed by atoms with E-state index < -0.39 is 11.7 Å². The Morgan fingerprint density at radius 1 is 1.30 bits per heavy atom. The zero-order valence-corrected chi connectivity index (χ0v) is 13.7. The molecule has 0 aliphatic carbocycles. The summed E-state index contributed by atoms with van der Waals surface area (Å²) < 4.78 is 14.4. The monoisotopic (exact) mass is 400 g/mol. The maximum atomic E-state index is 13.4. The fraction of sp³-hybridized carbons (Fsp3) is 0.0714. The highest BCUT2D eigenvalue weighted by atomic mass is 79.9. The van der Waals surface area contributed by atoms with Crippen molar-refractivity contribution in [2.24, 2.45) is 0 Å². The van der Waals surface area contributed by atoms with Gasteiger partial charge < -0.3 is 11.1 Å². The van der Waals surface area contributed by atoms with Gasteiger partial charge in [0, 0.05) is 4.47 Å². The third kappa shape index (κ3) is 3.02. The molecule has 0 spiro atoms. The molecule has 1 amide bonds. The molecule has 0 aliphatic rings. The zero-order valence-electron chi connectivity index (χ0n) is 10.5. The lowest BCUT2D eigenvalue weighted by Gasteiger charge is -2.13. The summed E-state index contributed by atoms with van der Waals surface area (Å²) in [6.07, 6.45) is 0. The van der Waals surface area contributed by atoms with Gasteiger partial charge in [-0.3, -0.25) is 4.79 Å². The van der Waals surface area contributed by atoms with Gasteiger partial charge in [-0.05, 0) is 52.7 Å². The van der Waals surface area contributed by atoms with Crippen LogP contribution in [0.25, 0.3) is 0 Å². The maximum Gasteiger partial charge on any atom is 0.256 e. The summed E-state index contributed by atoms with van der Waals surface area (Å²) in [5.74, 6) is -0.911. The molecule has 0 unspecified atom stereocenters. The molecule has 2 rings (SSSR count). The van der Waals surface area contributed by atoms with E-state index in [1.54, 1.807) is 6.07 Å². The normalized spacial score (nSPS) is 10.4. The third-order valence-corrected chi connectivity index (χ3v) is 4.03. The van der Waals surface area contributed by atoms with Crippen molar-refractivity contribution in [3.05, 3.63) is 56.2 Å². The molecule has 3 N–H and O–H groups in total. The minimum Gasteiger partial charge on any atom is -0.397 e. The molecule has 3 nitrogen and oxygen atoms in total. The van der Waals surface area contributed by atoms with Crippen LogP contribution in [0.2, 0.25) is 0 Å². The summed E-state index contributed by atoms with van der Waals surface area (Å²) in [5.41, 5.74) is 7.88. The molecule has 20 heavy (non-hydrogen) atoms. The maximum absolute atomic E-state index is 13.4. The summed E-state index contributed by atoms with van der Waals surface area (Å²) in [6.45, 7) is 1.83. The number of aryl methyl sites for hydroxylation is 1. The summed E-state index contributed by atoms with van der Waals surface area (Å²) >= 11 is 6.40. The third-order valence-electron chi connectivity index (χ3n) is 2.77. The lowest BCUT2D eigenvalue weighted by Crippen LogP contribution is -2.15. The summed E-state index contributed by atoms with van der Waals surface area (Å²) in [4.78, 5) is 12.2. The molecule has 0 atom stereocenters. The van der Waals surface area contributed by atoms with E-state index in [0.717, 1.165) is 10.0 Å². The van der Waals surface area contributed by atoms with E-state index in [4.69, 9.17) is 5.73 Å². The summed E-state index contributed by atoms with van der Waals surface area (Å²) in [5, 5.41) is 2.71. The molecule has 104 valence electrons. The zero-order chi connectivity index (χ0) is 14.9. The van der Waals surface area contributed by atoms with Crippen molar-refractivity contribution >= 4 is 49.1 Å². The van der Waals surface area contributed by atoms with Gasteiger partial charge in [0.1, 0.15) is 5.82 Å². The van der Waals surface area contributed by atoms with Gasteiger partial charge in [-0.2, -0.15) is 0 Å². The van der Waals surface area contributed by atoms with Crippen LogP contribution in [-0.4, -0.2) is 5.91 Å². The number of nitrogen functional groups attached to an aromatic ring is 1. The van der Waals surface area contributed by atoms with Crippen molar-refractivity contribution < 1.29 is 9.18 Å². The average molecular weight is 402 g/mol. The minimum atomic E-state index is -0.488. The number of rotatable bonds is 2. The van der Waals surface area contributed by atoms with Crippen molar-refractivity contribution in [1.29, 1.82) is 0 Å². The van der Waals surface area contributed by atoms with Crippen LogP contribution in [-0.2, 0) is 0 Å². The highest BCUT2D eigenvalue weighted by Gasteiger charge is 2.15. The molecule has 0 bridgehead atoms. The summed E-state index contributed by atoms with van der Waals surface area (Å²) in [6, 6.07) is 7.83. The highest BCUT2D eigenvalue weighted by Crippen LogP contribution is 2.29. The Labute approximate surface area is 132 Å². The highest BCUT2D eigenvalue weighted by molar-refractivity contribution is 9.10. The summed E-state index contributed by atoms with van der Waals surface area (Å²) in [7, 11) is 0. The first-order valence-electron chi connectivity index (χ1n) is 5.71. The van der Waals surface area contributed by atoms with Crippen molar-refractivity contribution in [2.45, 2.75) is 6.92 Å². The average Bonchev–Trinajstić information content (AvgIpc) is 2.36. The lowest BCUT2D eigenvalue weighted by atomic mass is 10.1. The molecular formula is C14H11Br2FN2O. The number of hydrogen-bond donors (Lipinski definition) is 2. The van der Waals surface area contributed by atoms with Crippen LogP contribution in [0.1, 0.15) is 15.9 Å². The van der Waals surface area contributed by atoms with Gasteiger partial charge in [0.25, 0.3) is 5.91 Å². The Bertz CT molecular complexity index is 666. The molecule has 2 aromatic rings. The van der Waals surface area contributed by atoms with Crippen molar-refractivity contribution in [3.63, 3.8) is 0 Å². The number of halogens is 3. The number of amides is 1. The van der Waals surface area contributed by atoms with E-state index >= 15 is 0 Å². The second-order valence-corrected chi connectivity index (χ2v) is 5.95. The largest absolute Gasteiger partial charge is 0.397 e. The first kappa shape index (κ1) is 15.0. The van der Waals surface area contributed by atoms with Crippen LogP contribution in [0.5, 0.6) is 0 Å². The first-order valence-corrected chi connectivity index (χ1v) is 7.29. The molecule has 0 saturated heterocycles. The fourth-order valence-electron chi connectivity index (χ4n) is 1.80. The van der Waals surface area contributed by atoms with Gasteiger partial charge >= 0.3 is 0 Å². The molecule has 0 fully saturated rings. The van der Waals surface area contributed by atoms with E-state index in [9.17, 15) is 9.18 Å². The van der Waals surface area contributed by atoms with Gasteiger partial charge in [0.15, 0.2) is 0 Å². The van der Waals surface area contributed by atoms with Crippen LogP contribution in [0.3, 0.4) is 0 Å². The predicted molar refractivity (Wildman–Crippen MR) is 85.3 cm³/mol. The Morgan fingerprint density at radius 2 is 2.00 bits per heavy atom. The second-order valence-electron chi connectivity index (χ2n) is 4.24. The molecule has 0 aliphatic heterocycles. The van der Waals surface area contributed by atoms with Crippen LogP contribution in [0.15, 0.2) is 39.3 Å². The number of carbonyl (C=O) groups excluding carboxylic acids is 1. The molecular weight excluding hydrogens is 391 g/mol. The molecule has 0 aromatic heterocycles. The predicted octanol–water partition coefficient (Wildman–Crippen LogP) is 4.49. The van der Waals surface area contributed by atoms with Gasteiger partial charge in [-0.15, -0.1) is 0 Å². The van der Waals surface area contributed by atoms with Gasteiger partial charge in [0.2, 0.25) is 0 Å². The van der Waals surface area contributed by atoms with Crippen molar-refractivity contribution in [2.75, 3.05) is 11.1 Å².